The van der Waals surface area contributed by atoms with Crippen molar-refractivity contribution in [2.45, 2.75) is 0 Å². The lowest BCUT2D eigenvalue weighted by atomic mass is 10.2. The van der Waals surface area contributed by atoms with Gasteiger partial charge in [-0.1, -0.05) is 23.2 Å². The predicted octanol–water partition coefficient (Wildman–Crippen LogP) is 1.67. The smallest absolute Gasteiger partial charge is 0.339 e. The van der Waals surface area contributed by atoms with Gasteiger partial charge >= 0.3 is 5.97 Å². The molecule has 6 heteroatoms. The van der Waals surface area contributed by atoms with E-state index in [1.54, 1.807) is 0 Å². The molecule has 0 fully saturated rings. The van der Waals surface area contributed by atoms with E-state index in [0.717, 1.165) is 6.20 Å². The monoisotopic (exact) mass is 206 g/mol. The van der Waals surface area contributed by atoms with E-state index < -0.39 is 5.97 Å². The molecule has 4 nitrogen and oxygen atoms in total. The minimum Gasteiger partial charge on any atom is -0.478 e. The first-order chi connectivity index (χ1) is 5.54. The van der Waals surface area contributed by atoms with Gasteiger partial charge in [-0.05, 0) is 0 Å². The topological polar surface area (TPSA) is 76.2 Å². The van der Waals surface area contributed by atoms with Gasteiger partial charge in [0.15, 0.2) is 0 Å². The van der Waals surface area contributed by atoms with Crippen LogP contribution >= 0.6 is 23.2 Å². The predicted molar refractivity (Wildman–Crippen MR) is 45.6 cm³/mol. The fourth-order valence-electron chi connectivity index (χ4n) is 0.695. The second kappa shape index (κ2) is 3.16. The molecular formula is C6H4Cl2N2O2. The Morgan fingerprint density at radius 3 is 2.58 bits per heavy atom. The molecule has 0 bridgehead atoms. The number of aromatic carboxylic acids is 1. The third-order valence-electron chi connectivity index (χ3n) is 1.22. The van der Waals surface area contributed by atoms with Gasteiger partial charge in [0, 0.05) is 0 Å². The Bertz CT molecular complexity index is 341. The van der Waals surface area contributed by atoms with Gasteiger partial charge in [0.1, 0.15) is 10.7 Å². The van der Waals surface area contributed by atoms with Gasteiger partial charge in [-0.3, -0.25) is 0 Å². The van der Waals surface area contributed by atoms with Crippen LogP contribution in [0.25, 0.3) is 0 Å². The number of nitrogens with two attached hydrogens (primary N) is 1. The minimum absolute atomic E-state index is 0.00287. The molecule has 0 saturated carbocycles. The molecule has 12 heavy (non-hydrogen) atoms. The van der Waals surface area contributed by atoms with Crippen molar-refractivity contribution < 1.29 is 9.90 Å². The molecule has 64 valence electrons. The van der Waals surface area contributed by atoms with Crippen molar-refractivity contribution in [1.82, 2.24) is 4.98 Å². The van der Waals surface area contributed by atoms with Crippen molar-refractivity contribution in [3.8, 4) is 0 Å². The number of hydrogen-bond donors (Lipinski definition) is 2. The van der Waals surface area contributed by atoms with Crippen LogP contribution in [0.1, 0.15) is 10.4 Å². The Morgan fingerprint density at radius 1 is 1.58 bits per heavy atom. The first-order valence-electron chi connectivity index (χ1n) is 2.86. The molecule has 0 radical (unpaired) electrons. The molecule has 0 saturated heterocycles. The van der Waals surface area contributed by atoms with Gasteiger partial charge in [0.25, 0.3) is 0 Å². The molecule has 1 rings (SSSR count). The SMILES string of the molecule is Nc1cnc(Cl)c(Cl)c1C(=O)O. The summed E-state index contributed by atoms with van der Waals surface area (Å²) in [5.74, 6) is -1.22. The molecule has 0 amide bonds. The van der Waals surface area contributed by atoms with Crippen molar-refractivity contribution in [2.24, 2.45) is 0 Å². The van der Waals surface area contributed by atoms with Gasteiger partial charge in [-0.25, -0.2) is 9.78 Å². The lowest BCUT2D eigenvalue weighted by Crippen LogP contribution is -2.04. The van der Waals surface area contributed by atoms with E-state index in [2.05, 4.69) is 4.98 Å². The largest absolute Gasteiger partial charge is 0.478 e. The maximum absolute atomic E-state index is 10.5. The normalized spacial score (nSPS) is 9.83. The van der Waals surface area contributed by atoms with Crippen LogP contribution in [-0.4, -0.2) is 16.1 Å². The van der Waals surface area contributed by atoms with Crippen LogP contribution in [0.15, 0.2) is 6.20 Å². The molecule has 0 unspecified atom stereocenters. The highest BCUT2D eigenvalue weighted by Gasteiger charge is 2.15. The molecular weight excluding hydrogens is 203 g/mol. The summed E-state index contributed by atoms with van der Waals surface area (Å²) in [6, 6.07) is 0. The maximum Gasteiger partial charge on any atom is 0.339 e. The minimum atomic E-state index is -1.22. The number of aromatic nitrogens is 1. The lowest BCUT2D eigenvalue weighted by Gasteiger charge is -2.02. The third kappa shape index (κ3) is 1.44. The molecule has 0 aliphatic heterocycles. The van der Waals surface area contributed by atoms with E-state index in [0.29, 0.717) is 0 Å². The maximum atomic E-state index is 10.5. The van der Waals surface area contributed by atoms with E-state index in [1.165, 1.54) is 0 Å². The number of nitrogen functional groups attached to an aromatic ring is 1. The van der Waals surface area contributed by atoms with Crippen molar-refractivity contribution in [1.29, 1.82) is 0 Å². The van der Waals surface area contributed by atoms with Crippen molar-refractivity contribution in [2.75, 3.05) is 5.73 Å². The molecule has 0 aliphatic rings. The summed E-state index contributed by atoms with van der Waals surface area (Å²) in [7, 11) is 0. The zero-order valence-corrected chi connectivity index (χ0v) is 7.23. The Hall–Kier alpha value is -1.00. The Morgan fingerprint density at radius 2 is 2.17 bits per heavy atom. The van der Waals surface area contributed by atoms with Crippen LogP contribution < -0.4 is 5.73 Å². The number of hydrogen-bond acceptors (Lipinski definition) is 3. The van der Waals surface area contributed by atoms with Gasteiger partial charge in [-0.15, -0.1) is 0 Å². The highest BCUT2D eigenvalue weighted by molar-refractivity contribution is 6.43. The van der Waals surface area contributed by atoms with E-state index in [4.69, 9.17) is 34.0 Å². The van der Waals surface area contributed by atoms with Gasteiger partial charge in [-0.2, -0.15) is 0 Å². The van der Waals surface area contributed by atoms with Gasteiger partial charge < -0.3 is 10.8 Å². The Labute approximate surface area is 77.9 Å². The van der Waals surface area contributed by atoms with Crippen LogP contribution in [0.4, 0.5) is 5.69 Å². The van der Waals surface area contributed by atoms with E-state index in [-0.39, 0.29) is 21.4 Å². The number of halogens is 2. The number of carboxylic acids is 1. The van der Waals surface area contributed by atoms with E-state index in [1.807, 2.05) is 0 Å². The van der Waals surface area contributed by atoms with E-state index in [9.17, 15) is 4.79 Å². The quantitative estimate of drug-likeness (QED) is 0.686. The second-order valence-corrected chi connectivity index (χ2v) is 2.73. The number of carboxylic acid groups (broad SMARTS) is 1. The van der Waals surface area contributed by atoms with Crippen LogP contribution in [0.3, 0.4) is 0 Å². The fraction of sp³-hybridized carbons (Fsp3) is 0. The summed E-state index contributed by atoms with van der Waals surface area (Å²) in [5.41, 5.74) is 5.09. The molecule has 0 aliphatic carbocycles. The summed E-state index contributed by atoms with van der Waals surface area (Å²) in [4.78, 5) is 14.1. The average molecular weight is 207 g/mol. The Kier molecular flexibility index (Phi) is 2.40. The first-order valence-corrected chi connectivity index (χ1v) is 3.62. The molecule has 0 aromatic carbocycles. The molecule has 1 aromatic heterocycles. The van der Waals surface area contributed by atoms with E-state index >= 15 is 0 Å². The number of anilines is 1. The van der Waals surface area contributed by atoms with Crippen molar-refractivity contribution in [3.63, 3.8) is 0 Å². The van der Waals surface area contributed by atoms with Crippen molar-refractivity contribution >= 4 is 34.9 Å². The number of carbonyl (C=O) groups is 1. The highest BCUT2D eigenvalue weighted by atomic mass is 35.5. The second-order valence-electron chi connectivity index (χ2n) is 2.00. The number of pyridine rings is 1. The number of rotatable bonds is 1. The molecule has 3 N–H and O–H groups in total. The molecule has 0 spiro atoms. The summed E-state index contributed by atoms with van der Waals surface area (Å²) in [6.45, 7) is 0. The fourth-order valence-corrected chi connectivity index (χ4v) is 1.08. The first kappa shape index (κ1) is 9.09. The van der Waals surface area contributed by atoms with Crippen LogP contribution in [0.2, 0.25) is 10.2 Å². The van der Waals surface area contributed by atoms with Crippen molar-refractivity contribution in [3.05, 3.63) is 21.9 Å². The highest BCUT2D eigenvalue weighted by Crippen LogP contribution is 2.27. The molecule has 1 heterocycles. The summed E-state index contributed by atoms with van der Waals surface area (Å²) < 4.78 is 0. The molecule has 0 atom stereocenters. The summed E-state index contributed by atoms with van der Waals surface area (Å²) in [5, 5.41) is 8.42. The summed E-state index contributed by atoms with van der Waals surface area (Å²) in [6.07, 6.45) is 1.15. The van der Waals surface area contributed by atoms with Crippen LogP contribution in [0.5, 0.6) is 0 Å². The van der Waals surface area contributed by atoms with Crippen LogP contribution in [-0.2, 0) is 0 Å². The number of nitrogens with zero attached hydrogens (tertiary/aromatic N) is 1. The average Bonchev–Trinajstić information content (AvgIpc) is 1.97. The Balaban J connectivity index is 3.43. The lowest BCUT2D eigenvalue weighted by molar-refractivity contribution is 0.0698. The van der Waals surface area contributed by atoms with Crippen LogP contribution in [0, 0.1) is 0 Å². The zero-order chi connectivity index (χ0) is 9.30. The van der Waals surface area contributed by atoms with Gasteiger partial charge in [0.05, 0.1) is 16.9 Å². The standard InChI is InChI=1S/C6H4Cl2N2O2/c7-4-3(6(11)12)2(9)1-10-5(4)8/h1H,9H2,(H,11,12). The molecule has 1 aromatic rings. The summed E-state index contributed by atoms with van der Waals surface area (Å²) >= 11 is 11.0. The zero-order valence-electron chi connectivity index (χ0n) is 5.71. The third-order valence-corrected chi connectivity index (χ3v) is 1.97. The van der Waals surface area contributed by atoms with Gasteiger partial charge in [0.2, 0.25) is 0 Å².